The molecule has 0 aliphatic rings. The lowest BCUT2D eigenvalue weighted by atomic mass is 9.94. The number of carbonyl (C=O) groups is 1. The molecule has 13 heavy (non-hydrogen) atoms. The van der Waals surface area contributed by atoms with Crippen LogP contribution in [0.25, 0.3) is 0 Å². The van der Waals surface area contributed by atoms with Crippen LogP contribution in [0.4, 0.5) is 0 Å². The molecule has 0 fully saturated rings. The topological polar surface area (TPSA) is 37.3 Å². The number of rotatable bonds is 8. The molecule has 0 amide bonds. The van der Waals surface area contributed by atoms with Crippen LogP contribution in [-0.2, 0) is 4.79 Å². The van der Waals surface area contributed by atoms with E-state index in [4.69, 9.17) is 5.11 Å². The molecule has 0 aliphatic carbocycles. The van der Waals surface area contributed by atoms with Gasteiger partial charge in [-0.25, -0.2) is 0 Å². The SMILES string of the molecule is CCCC(CCCCI)CC(=O)O. The predicted octanol–water partition coefficient (Wildman–Crippen LogP) is 3.48. The van der Waals surface area contributed by atoms with E-state index in [0.717, 1.165) is 19.3 Å². The Bertz CT molecular complexity index is 137. The van der Waals surface area contributed by atoms with Crippen molar-refractivity contribution >= 4 is 28.6 Å². The highest BCUT2D eigenvalue weighted by Gasteiger charge is 2.11. The van der Waals surface area contributed by atoms with Crippen molar-refractivity contribution in [1.82, 2.24) is 0 Å². The van der Waals surface area contributed by atoms with Crippen LogP contribution < -0.4 is 0 Å². The summed E-state index contributed by atoms with van der Waals surface area (Å²) in [6.07, 6.45) is 6.01. The molecule has 2 nitrogen and oxygen atoms in total. The maximum Gasteiger partial charge on any atom is 0.303 e. The minimum atomic E-state index is -0.645. The van der Waals surface area contributed by atoms with E-state index in [2.05, 4.69) is 29.5 Å². The van der Waals surface area contributed by atoms with Crippen molar-refractivity contribution in [3.8, 4) is 0 Å². The Morgan fingerprint density at radius 3 is 2.54 bits per heavy atom. The number of halogens is 1. The number of carboxylic acid groups (broad SMARTS) is 1. The van der Waals surface area contributed by atoms with Gasteiger partial charge in [0.25, 0.3) is 0 Å². The fourth-order valence-corrected chi connectivity index (χ4v) is 2.07. The van der Waals surface area contributed by atoms with Crippen LogP contribution >= 0.6 is 22.6 Å². The molecule has 0 radical (unpaired) electrons. The molecule has 1 N–H and O–H groups in total. The van der Waals surface area contributed by atoms with Crippen molar-refractivity contribution in [2.75, 3.05) is 4.43 Å². The number of carboxylic acids is 1. The van der Waals surface area contributed by atoms with Gasteiger partial charge in [0.05, 0.1) is 0 Å². The standard InChI is InChI=1S/C10H19IO2/c1-2-5-9(8-10(12)13)6-3-4-7-11/h9H,2-8H2,1H3,(H,12,13). The zero-order valence-corrected chi connectivity index (χ0v) is 10.4. The smallest absolute Gasteiger partial charge is 0.303 e. The molecule has 0 rings (SSSR count). The maximum atomic E-state index is 10.5. The lowest BCUT2D eigenvalue weighted by Crippen LogP contribution is -2.07. The van der Waals surface area contributed by atoms with Crippen molar-refractivity contribution in [2.24, 2.45) is 5.92 Å². The van der Waals surface area contributed by atoms with E-state index in [-0.39, 0.29) is 0 Å². The van der Waals surface area contributed by atoms with Gasteiger partial charge >= 0.3 is 5.97 Å². The molecule has 0 aromatic carbocycles. The van der Waals surface area contributed by atoms with Crippen LogP contribution in [0.15, 0.2) is 0 Å². The lowest BCUT2D eigenvalue weighted by molar-refractivity contribution is -0.138. The molecule has 0 aromatic heterocycles. The number of hydrogen-bond acceptors (Lipinski definition) is 1. The summed E-state index contributed by atoms with van der Waals surface area (Å²) in [6.45, 7) is 2.12. The van der Waals surface area contributed by atoms with E-state index in [9.17, 15) is 4.79 Å². The first-order chi connectivity index (χ1) is 6.20. The van der Waals surface area contributed by atoms with Gasteiger partial charge in [0.1, 0.15) is 0 Å². The van der Waals surface area contributed by atoms with E-state index in [1.54, 1.807) is 0 Å². The van der Waals surface area contributed by atoms with Crippen LogP contribution in [0.2, 0.25) is 0 Å². The third-order valence-corrected chi connectivity index (χ3v) is 2.92. The van der Waals surface area contributed by atoms with Crippen molar-refractivity contribution in [3.05, 3.63) is 0 Å². The summed E-state index contributed by atoms with van der Waals surface area (Å²) in [7, 11) is 0. The van der Waals surface area contributed by atoms with Gasteiger partial charge < -0.3 is 5.11 Å². The average molecular weight is 298 g/mol. The molecule has 0 spiro atoms. The molecular weight excluding hydrogens is 279 g/mol. The molecule has 1 unspecified atom stereocenters. The van der Waals surface area contributed by atoms with Gasteiger partial charge in [0.2, 0.25) is 0 Å². The van der Waals surface area contributed by atoms with Gasteiger partial charge in [-0.1, -0.05) is 48.8 Å². The molecule has 0 aromatic rings. The average Bonchev–Trinajstić information content (AvgIpc) is 2.04. The molecular formula is C10H19IO2. The lowest BCUT2D eigenvalue weighted by Gasteiger charge is -2.12. The molecule has 1 atom stereocenters. The maximum absolute atomic E-state index is 10.5. The Kier molecular flexibility index (Phi) is 8.92. The number of hydrogen-bond donors (Lipinski definition) is 1. The minimum absolute atomic E-state index is 0.356. The minimum Gasteiger partial charge on any atom is -0.481 e. The molecule has 0 heterocycles. The van der Waals surface area contributed by atoms with E-state index >= 15 is 0 Å². The van der Waals surface area contributed by atoms with Gasteiger partial charge in [0.15, 0.2) is 0 Å². The van der Waals surface area contributed by atoms with Gasteiger partial charge in [-0.3, -0.25) is 4.79 Å². The number of aliphatic carboxylic acids is 1. The van der Waals surface area contributed by atoms with Crippen molar-refractivity contribution in [1.29, 1.82) is 0 Å². The van der Waals surface area contributed by atoms with E-state index < -0.39 is 5.97 Å². The van der Waals surface area contributed by atoms with Crippen LogP contribution in [0.1, 0.15) is 45.4 Å². The summed E-state index contributed by atoms with van der Waals surface area (Å²) in [5, 5.41) is 8.67. The first-order valence-corrected chi connectivity index (χ1v) is 6.51. The Morgan fingerprint density at radius 1 is 1.38 bits per heavy atom. The first kappa shape index (κ1) is 13.2. The Hall–Kier alpha value is 0.200. The summed E-state index contributed by atoms with van der Waals surface area (Å²) >= 11 is 2.36. The third kappa shape index (κ3) is 8.53. The Balaban J connectivity index is 3.59. The first-order valence-electron chi connectivity index (χ1n) is 4.98. The van der Waals surface area contributed by atoms with Crippen molar-refractivity contribution in [2.45, 2.75) is 45.4 Å². The zero-order valence-electron chi connectivity index (χ0n) is 8.26. The quantitative estimate of drug-likeness (QED) is 0.423. The van der Waals surface area contributed by atoms with Crippen molar-refractivity contribution < 1.29 is 9.90 Å². The third-order valence-electron chi connectivity index (χ3n) is 2.16. The number of unbranched alkanes of at least 4 members (excludes halogenated alkanes) is 1. The highest BCUT2D eigenvalue weighted by Crippen LogP contribution is 2.18. The highest BCUT2D eigenvalue weighted by molar-refractivity contribution is 14.1. The molecule has 0 saturated carbocycles. The second-order valence-electron chi connectivity index (χ2n) is 3.44. The molecule has 78 valence electrons. The van der Waals surface area contributed by atoms with Crippen LogP contribution in [0.3, 0.4) is 0 Å². The van der Waals surface area contributed by atoms with Crippen molar-refractivity contribution in [3.63, 3.8) is 0 Å². The predicted molar refractivity (Wildman–Crippen MR) is 63.4 cm³/mol. The van der Waals surface area contributed by atoms with Gasteiger partial charge in [-0.15, -0.1) is 0 Å². The summed E-state index contributed by atoms with van der Waals surface area (Å²) in [6, 6.07) is 0. The van der Waals surface area contributed by atoms with Crippen LogP contribution in [-0.4, -0.2) is 15.5 Å². The molecule has 3 heteroatoms. The zero-order chi connectivity index (χ0) is 10.1. The monoisotopic (exact) mass is 298 g/mol. The molecule has 0 aliphatic heterocycles. The van der Waals surface area contributed by atoms with Crippen LogP contribution in [0, 0.1) is 5.92 Å². The summed E-state index contributed by atoms with van der Waals surface area (Å²) < 4.78 is 1.18. The van der Waals surface area contributed by atoms with Gasteiger partial charge in [-0.2, -0.15) is 0 Å². The largest absolute Gasteiger partial charge is 0.481 e. The summed E-state index contributed by atoms with van der Waals surface area (Å²) in [4.78, 5) is 10.5. The summed E-state index contributed by atoms with van der Waals surface area (Å²) in [5.41, 5.74) is 0. The molecule has 0 saturated heterocycles. The van der Waals surface area contributed by atoms with E-state index in [1.807, 2.05) is 0 Å². The Labute approximate surface area is 94.2 Å². The highest BCUT2D eigenvalue weighted by atomic mass is 127. The van der Waals surface area contributed by atoms with E-state index in [0.29, 0.717) is 12.3 Å². The Morgan fingerprint density at radius 2 is 2.08 bits per heavy atom. The normalized spacial score (nSPS) is 12.8. The molecule has 0 bridgehead atoms. The van der Waals surface area contributed by atoms with Gasteiger partial charge in [0, 0.05) is 6.42 Å². The fraction of sp³-hybridized carbons (Fsp3) is 0.900. The summed E-state index contributed by atoms with van der Waals surface area (Å²) in [5.74, 6) is -0.238. The second-order valence-corrected chi connectivity index (χ2v) is 4.52. The second kappa shape index (κ2) is 8.78. The van der Waals surface area contributed by atoms with E-state index in [1.165, 1.54) is 17.3 Å². The van der Waals surface area contributed by atoms with Crippen LogP contribution in [0.5, 0.6) is 0 Å². The van der Waals surface area contributed by atoms with Gasteiger partial charge in [-0.05, 0) is 23.2 Å². The number of alkyl halides is 1. The fourth-order valence-electron chi connectivity index (χ4n) is 1.53.